The maximum Gasteiger partial charge on any atom is 0.325 e. The molecule has 9 heteroatoms. The lowest BCUT2D eigenvalue weighted by Crippen LogP contribution is -2.59. The Hall–Kier alpha value is -2.68. The molecular weight excluding hydrogens is 365 g/mol. The molecule has 0 aromatic heterocycles. The highest BCUT2D eigenvalue weighted by Crippen LogP contribution is 2.32. The molecule has 0 bridgehead atoms. The number of nitrogens with zero attached hydrogens (tertiary/aromatic N) is 3. The molecule has 0 radical (unpaired) electrons. The Balaban J connectivity index is 1.27. The van der Waals surface area contributed by atoms with Crippen LogP contribution < -0.4 is 10.6 Å². The summed E-state index contributed by atoms with van der Waals surface area (Å²) in [5.74, 6) is 0.202. The van der Waals surface area contributed by atoms with Crippen molar-refractivity contribution in [3.63, 3.8) is 0 Å². The van der Waals surface area contributed by atoms with Crippen LogP contribution in [0.3, 0.4) is 0 Å². The third-order valence-corrected chi connectivity index (χ3v) is 5.94. The van der Waals surface area contributed by atoms with E-state index in [2.05, 4.69) is 15.5 Å². The zero-order valence-corrected chi connectivity index (χ0v) is 15.7. The van der Waals surface area contributed by atoms with Crippen molar-refractivity contribution in [1.29, 1.82) is 0 Å². The van der Waals surface area contributed by atoms with Gasteiger partial charge in [-0.3, -0.25) is 14.6 Å². The first-order valence-electron chi connectivity index (χ1n) is 9.49. The zero-order valence-electron chi connectivity index (χ0n) is 15.7. The summed E-state index contributed by atoms with van der Waals surface area (Å²) in [7, 11) is 1.48. The van der Waals surface area contributed by atoms with Gasteiger partial charge in [-0.2, -0.15) is 0 Å². The minimum atomic E-state index is -0.361. The number of halogens is 1. The first kappa shape index (κ1) is 18.7. The van der Waals surface area contributed by atoms with Crippen molar-refractivity contribution >= 4 is 18.0 Å². The summed E-state index contributed by atoms with van der Waals surface area (Å²) in [6, 6.07) is 5.59. The molecule has 0 saturated carbocycles. The largest absolute Gasteiger partial charge is 0.334 e. The van der Waals surface area contributed by atoms with Crippen molar-refractivity contribution in [2.24, 2.45) is 11.8 Å². The molecule has 5 amide bonds. The molecule has 0 spiro atoms. The first-order chi connectivity index (χ1) is 13.4. The molecule has 4 rings (SSSR count). The molecule has 3 fully saturated rings. The fraction of sp³-hybridized carbons (Fsp3) is 0.526. The summed E-state index contributed by atoms with van der Waals surface area (Å²) in [4.78, 5) is 41.3. The maximum atomic E-state index is 12.9. The third kappa shape index (κ3) is 3.66. The van der Waals surface area contributed by atoms with Gasteiger partial charge in [0, 0.05) is 39.8 Å². The van der Waals surface area contributed by atoms with E-state index in [1.165, 1.54) is 19.2 Å². The Morgan fingerprint density at radius 3 is 2.39 bits per heavy atom. The van der Waals surface area contributed by atoms with Crippen LogP contribution in [0, 0.1) is 17.7 Å². The van der Waals surface area contributed by atoms with E-state index in [0.29, 0.717) is 31.5 Å². The van der Waals surface area contributed by atoms with Gasteiger partial charge in [0.25, 0.3) is 0 Å². The van der Waals surface area contributed by atoms with E-state index in [-0.39, 0.29) is 36.4 Å². The van der Waals surface area contributed by atoms with E-state index in [4.69, 9.17) is 0 Å². The molecule has 3 aliphatic rings. The van der Waals surface area contributed by atoms with Gasteiger partial charge in [-0.1, -0.05) is 12.1 Å². The number of fused-ring (bicyclic) bond motifs is 1. The number of imide groups is 1. The zero-order chi connectivity index (χ0) is 19.8. The Kier molecular flexibility index (Phi) is 4.92. The van der Waals surface area contributed by atoms with Crippen LogP contribution in [0.5, 0.6) is 0 Å². The number of nitrogens with one attached hydrogen (secondary N) is 2. The van der Waals surface area contributed by atoms with Crippen LogP contribution in [0.25, 0.3) is 0 Å². The topological polar surface area (TPSA) is 85.0 Å². The van der Waals surface area contributed by atoms with Crippen LogP contribution in [-0.4, -0.2) is 72.1 Å². The molecular formula is C19H24FN5O3. The fourth-order valence-corrected chi connectivity index (χ4v) is 4.27. The lowest BCUT2D eigenvalue weighted by atomic mass is 10.0. The molecule has 3 saturated heterocycles. The lowest BCUT2D eigenvalue weighted by molar-refractivity contribution is -0.130. The number of rotatable bonds is 3. The SMILES string of the molecule is CN1C(=O)CC(N2CC3CN(C(=O)NCc4ccc(F)cc4)CC3C2)NC1=O. The van der Waals surface area contributed by atoms with Gasteiger partial charge in [0.05, 0.1) is 12.6 Å². The van der Waals surface area contributed by atoms with E-state index in [1.807, 2.05) is 4.90 Å². The second kappa shape index (κ2) is 7.38. The number of amides is 5. The number of benzene rings is 1. The number of hydrogen-bond acceptors (Lipinski definition) is 4. The van der Waals surface area contributed by atoms with Crippen molar-refractivity contribution in [1.82, 2.24) is 25.3 Å². The summed E-state index contributed by atoms with van der Waals surface area (Å²) < 4.78 is 12.9. The number of carbonyl (C=O) groups is 3. The van der Waals surface area contributed by atoms with Crippen LogP contribution in [-0.2, 0) is 11.3 Å². The first-order valence-corrected chi connectivity index (χ1v) is 9.49. The van der Waals surface area contributed by atoms with Crippen molar-refractivity contribution in [3.8, 4) is 0 Å². The summed E-state index contributed by atoms with van der Waals surface area (Å²) in [6.45, 7) is 3.19. The molecule has 28 heavy (non-hydrogen) atoms. The second-order valence-corrected chi connectivity index (χ2v) is 7.79. The number of likely N-dealkylation sites (tertiary alicyclic amines) is 2. The molecule has 3 aliphatic heterocycles. The monoisotopic (exact) mass is 389 g/mol. The second-order valence-electron chi connectivity index (χ2n) is 7.79. The van der Waals surface area contributed by atoms with Crippen LogP contribution >= 0.6 is 0 Å². The average Bonchev–Trinajstić information content (AvgIpc) is 3.24. The molecule has 8 nitrogen and oxygen atoms in total. The molecule has 2 N–H and O–H groups in total. The van der Waals surface area contributed by atoms with Crippen LogP contribution in [0.4, 0.5) is 14.0 Å². The summed E-state index contributed by atoms with van der Waals surface area (Å²) >= 11 is 0. The van der Waals surface area contributed by atoms with Crippen molar-refractivity contribution < 1.29 is 18.8 Å². The van der Waals surface area contributed by atoms with Crippen LogP contribution in [0.1, 0.15) is 12.0 Å². The Morgan fingerprint density at radius 2 is 1.79 bits per heavy atom. The minimum Gasteiger partial charge on any atom is -0.334 e. The van der Waals surface area contributed by atoms with Gasteiger partial charge in [-0.25, -0.2) is 14.0 Å². The minimum absolute atomic E-state index is 0.118. The molecule has 3 unspecified atom stereocenters. The highest BCUT2D eigenvalue weighted by atomic mass is 19.1. The van der Waals surface area contributed by atoms with E-state index in [9.17, 15) is 18.8 Å². The molecule has 3 heterocycles. The highest BCUT2D eigenvalue weighted by molar-refractivity contribution is 5.96. The average molecular weight is 389 g/mol. The molecule has 1 aromatic rings. The van der Waals surface area contributed by atoms with Gasteiger partial charge < -0.3 is 15.5 Å². The maximum absolute atomic E-state index is 12.9. The Labute approximate surface area is 162 Å². The molecule has 0 aliphatic carbocycles. The van der Waals surface area contributed by atoms with Gasteiger partial charge in [0.2, 0.25) is 5.91 Å². The number of urea groups is 2. The normalized spacial score (nSPS) is 27.7. The Bertz CT molecular complexity index is 754. The molecule has 3 atom stereocenters. The van der Waals surface area contributed by atoms with Crippen LogP contribution in [0.15, 0.2) is 24.3 Å². The van der Waals surface area contributed by atoms with Crippen molar-refractivity contribution in [2.75, 3.05) is 33.2 Å². The third-order valence-electron chi connectivity index (χ3n) is 5.94. The van der Waals surface area contributed by atoms with Gasteiger partial charge in [-0.05, 0) is 29.5 Å². The number of hydrogen-bond donors (Lipinski definition) is 2. The molecule has 1 aromatic carbocycles. The molecule has 150 valence electrons. The Morgan fingerprint density at radius 1 is 1.14 bits per heavy atom. The predicted octanol–water partition coefficient (Wildman–Crippen LogP) is 0.797. The van der Waals surface area contributed by atoms with E-state index in [0.717, 1.165) is 23.6 Å². The van der Waals surface area contributed by atoms with E-state index in [1.54, 1.807) is 12.1 Å². The lowest BCUT2D eigenvalue weighted by Gasteiger charge is -2.35. The quantitative estimate of drug-likeness (QED) is 0.801. The summed E-state index contributed by atoms with van der Waals surface area (Å²) in [6.07, 6.45) is 0.0198. The van der Waals surface area contributed by atoms with Gasteiger partial charge in [0.15, 0.2) is 0 Å². The standard InChI is InChI=1S/C19H24FN5O3/c1-23-17(26)6-16(22-19(23)28)24-8-13-10-25(11-14(13)9-24)18(27)21-7-12-2-4-15(20)5-3-12/h2-5,13-14,16H,6-11H2,1H3,(H,21,27)(H,22,28). The van der Waals surface area contributed by atoms with Gasteiger partial charge in [0.1, 0.15) is 5.82 Å². The van der Waals surface area contributed by atoms with Crippen molar-refractivity contribution in [3.05, 3.63) is 35.6 Å². The number of carbonyl (C=O) groups excluding carboxylic acids is 3. The van der Waals surface area contributed by atoms with E-state index < -0.39 is 0 Å². The highest BCUT2D eigenvalue weighted by Gasteiger charge is 2.45. The van der Waals surface area contributed by atoms with E-state index >= 15 is 0 Å². The predicted molar refractivity (Wildman–Crippen MR) is 98.5 cm³/mol. The van der Waals surface area contributed by atoms with Gasteiger partial charge >= 0.3 is 12.1 Å². The van der Waals surface area contributed by atoms with Crippen molar-refractivity contribution in [2.45, 2.75) is 19.1 Å². The smallest absolute Gasteiger partial charge is 0.325 e. The fourth-order valence-electron chi connectivity index (χ4n) is 4.27. The van der Waals surface area contributed by atoms with Gasteiger partial charge in [-0.15, -0.1) is 0 Å². The summed E-state index contributed by atoms with van der Waals surface area (Å²) in [5.41, 5.74) is 0.850. The van der Waals surface area contributed by atoms with Crippen LogP contribution in [0.2, 0.25) is 0 Å². The summed E-state index contributed by atoms with van der Waals surface area (Å²) in [5, 5.41) is 5.76.